The van der Waals surface area contributed by atoms with Gasteiger partial charge in [0.05, 0.1) is 5.57 Å². The summed E-state index contributed by atoms with van der Waals surface area (Å²) in [7, 11) is 0. The molecule has 1 unspecified atom stereocenters. The average Bonchev–Trinajstić information content (AvgIpc) is 3.26. The zero-order chi connectivity index (χ0) is 14.1. The third-order valence-electron chi connectivity index (χ3n) is 3.40. The molecule has 4 nitrogen and oxygen atoms in total. The zero-order valence-electron chi connectivity index (χ0n) is 10.8. The predicted octanol–water partition coefficient (Wildman–Crippen LogP) is 2.09. The Kier molecular flexibility index (Phi) is 3.18. The number of carbonyl (C=O) groups is 1. The molecule has 2 aliphatic rings. The minimum absolute atomic E-state index is 0.0893. The van der Waals surface area contributed by atoms with Crippen LogP contribution in [0.4, 0.5) is 4.39 Å². The molecule has 5 heteroatoms. The van der Waals surface area contributed by atoms with Gasteiger partial charge in [0.15, 0.2) is 5.83 Å². The maximum Gasteiger partial charge on any atom is 0.250 e. The number of hydrogen-bond acceptors (Lipinski definition) is 3. The Labute approximate surface area is 116 Å². The SMILES string of the molecule is NC(=O)C1=CNC(Oc2ccc(C3CC3)cc2)C(F)=C1. The first-order valence-corrected chi connectivity index (χ1v) is 6.53. The number of carbonyl (C=O) groups excluding carboxylic acids is 1. The second kappa shape index (κ2) is 5.00. The maximum atomic E-state index is 13.8. The summed E-state index contributed by atoms with van der Waals surface area (Å²) in [5, 5.41) is 2.67. The van der Waals surface area contributed by atoms with Crippen LogP contribution in [0, 0.1) is 0 Å². The van der Waals surface area contributed by atoms with Crippen LogP contribution in [0.1, 0.15) is 24.3 Å². The van der Waals surface area contributed by atoms with E-state index >= 15 is 0 Å². The lowest BCUT2D eigenvalue weighted by Gasteiger charge is -2.21. The van der Waals surface area contributed by atoms with Gasteiger partial charge in [0.1, 0.15) is 5.75 Å². The molecule has 1 fully saturated rings. The van der Waals surface area contributed by atoms with Crippen molar-refractivity contribution >= 4 is 5.91 Å². The lowest BCUT2D eigenvalue weighted by molar-refractivity contribution is -0.114. The van der Waals surface area contributed by atoms with Gasteiger partial charge in [-0.05, 0) is 42.5 Å². The average molecular weight is 274 g/mol. The topological polar surface area (TPSA) is 64.4 Å². The molecule has 0 saturated heterocycles. The molecule has 1 aromatic carbocycles. The largest absolute Gasteiger partial charge is 0.464 e. The van der Waals surface area contributed by atoms with Crippen LogP contribution in [0.25, 0.3) is 0 Å². The fourth-order valence-electron chi connectivity index (χ4n) is 2.11. The molecular formula is C15H15FN2O2. The molecule has 104 valence electrons. The molecule has 3 N–H and O–H groups in total. The number of amides is 1. The van der Waals surface area contributed by atoms with Crippen LogP contribution in [-0.4, -0.2) is 12.1 Å². The normalized spacial score (nSPS) is 21.6. The van der Waals surface area contributed by atoms with Gasteiger partial charge in [-0.3, -0.25) is 4.79 Å². The number of nitrogens with two attached hydrogens (primary N) is 1. The Bertz CT molecular complexity index is 588. The van der Waals surface area contributed by atoms with E-state index in [0.717, 1.165) is 6.08 Å². The van der Waals surface area contributed by atoms with Crippen molar-refractivity contribution in [2.24, 2.45) is 5.73 Å². The van der Waals surface area contributed by atoms with Gasteiger partial charge in [0.2, 0.25) is 12.1 Å². The van der Waals surface area contributed by atoms with Crippen LogP contribution in [-0.2, 0) is 4.79 Å². The Morgan fingerprint density at radius 2 is 2.00 bits per heavy atom. The minimum Gasteiger partial charge on any atom is -0.464 e. The molecule has 20 heavy (non-hydrogen) atoms. The Morgan fingerprint density at radius 3 is 2.55 bits per heavy atom. The molecule has 1 heterocycles. The molecule has 1 aliphatic heterocycles. The van der Waals surface area contributed by atoms with Crippen LogP contribution in [0.2, 0.25) is 0 Å². The molecule has 0 aromatic heterocycles. The monoisotopic (exact) mass is 274 g/mol. The first-order valence-electron chi connectivity index (χ1n) is 6.53. The number of dihydropyridines is 1. The molecule has 1 aliphatic carbocycles. The zero-order valence-corrected chi connectivity index (χ0v) is 10.8. The van der Waals surface area contributed by atoms with Crippen molar-refractivity contribution in [3.05, 3.63) is 53.5 Å². The fourth-order valence-corrected chi connectivity index (χ4v) is 2.11. The molecule has 3 rings (SSSR count). The van der Waals surface area contributed by atoms with Crippen LogP contribution in [0.3, 0.4) is 0 Å². The number of primary amides is 1. The molecule has 1 atom stereocenters. The van der Waals surface area contributed by atoms with Gasteiger partial charge in [-0.2, -0.15) is 0 Å². The van der Waals surface area contributed by atoms with Gasteiger partial charge in [0, 0.05) is 6.20 Å². The van der Waals surface area contributed by atoms with Crippen molar-refractivity contribution in [2.45, 2.75) is 25.0 Å². The maximum absolute atomic E-state index is 13.8. The van der Waals surface area contributed by atoms with E-state index in [1.807, 2.05) is 24.3 Å². The van der Waals surface area contributed by atoms with Crippen molar-refractivity contribution in [1.29, 1.82) is 0 Å². The standard InChI is InChI=1S/C15H15FN2O2/c16-13-7-11(14(17)19)8-18-15(13)20-12-5-3-10(4-6-12)9-1-2-9/h3-9,15,18H,1-2H2,(H2,17,19). The van der Waals surface area contributed by atoms with Crippen LogP contribution in [0.15, 0.2) is 47.9 Å². The summed E-state index contributed by atoms with van der Waals surface area (Å²) >= 11 is 0. The molecule has 1 amide bonds. The second-order valence-corrected chi connectivity index (χ2v) is 5.00. The number of nitrogens with one attached hydrogen (secondary N) is 1. The second-order valence-electron chi connectivity index (χ2n) is 5.00. The van der Waals surface area contributed by atoms with E-state index in [-0.39, 0.29) is 5.57 Å². The highest BCUT2D eigenvalue weighted by Gasteiger charge is 2.24. The summed E-state index contributed by atoms with van der Waals surface area (Å²) in [6.07, 6.45) is 3.99. The van der Waals surface area contributed by atoms with E-state index in [9.17, 15) is 9.18 Å². The van der Waals surface area contributed by atoms with Crippen molar-refractivity contribution in [3.8, 4) is 5.75 Å². The van der Waals surface area contributed by atoms with Crippen molar-refractivity contribution in [2.75, 3.05) is 0 Å². The van der Waals surface area contributed by atoms with Crippen LogP contribution < -0.4 is 15.8 Å². The van der Waals surface area contributed by atoms with E-state index in [1.165, 1.54) is 24.6 Å². The van der Waals surface area contributed by atoms with E-state index in [0.29, 0.717) is 11.7 Å². The van der Waals surface area contributed by atoms with Gasteiger partial charge in [0.25, 0.3) is 0 Å². The third-order valence-corrected chi connectivity index (χ3v) is 3.40. The number of halogens is 1. The lowest BCUT2D eigenvalue weighted by Crippen LogP contribution is -2.35. The Hall–Kier alpha value is -2.30. The van der Waals surface area contributed by atoms with Gasteiger partial charge < -0.3 is 15.8 Å². The van der Waals surface area contributed by atoms with E-state index in [4.69, 9.17) is 10.5 Å². The van der Waals surface area contributed by atoms with Crippen molar-refractivity contribution in [1.82, 2.24) is 5.32 Å². The summed E-state index contributed by atoms with van der Waals surface area (Å²) in [5.74, 6) is -0.00613. The van der Waals surface area contributed by atoms with E-state index < -0.39 is 18.0 Å². The highest BCUT2D eigenvalue weighted by atomic mass is 19.1. The number of rotatable bonds is 4. The lowest BCUT2D eigenvalue weighted by atomic mass is 10.1. The highest BCUT2D eigenvalue weighted by molar-refractivity contribution is 5.95. The number of ether oxygens (including phenoxy) is 1. The quantitative estimate of drug-likeness (QED) is 0.883. The first-order chi connectivity index (χ1) is 9.63. The first kappa shape index (κ1) is 12.7. The van der Waals surface area contributed by atoms with Crippen LogP contribution >= 0.6 is 0 Å². The van der Waals surface area contributed by atoms with Gasteiger partial charge in [-0.25, -0.2) is 4.39 Å². The molecule has 1 aromatic rings. The summed E-state index contributed by atoms with van der Waals surface area (Å²) in [6.45, 7) is 0. The third kappa shape index (κ3) is 2.66. The van der Waals surface area contributed by atoms with Gasteiger partial charge in [-0.15, -0.1) is 0 Å². The van der Waals surface area contributed by atoms with Crippen molar-refractivity contribution in [3.63, 3.8) is 0 Å². The molecule has 0 bridgehead atoms. The summed E-state index contributed by atoms with van der Waals surface area (Å²) in [6, 6.07) is 7.66. The molecule has 0 spiro atoms. The van der Waals surface area contributed by atoms with Crippen LogP contribution in [0.5, 0.6) is 5.75 Å². The summed E-state index contributed by atoms with van der Waals surface area (Å²) in [4.78, 5) is 10.9. The fraction of sp³-hybridized carbons (Fsp3) is 0.267. The Morgan fingerprint density at radius 1 is 1.30 bits per heavy atom. The predicted molar refractivity (Wildman–Crippen MR) is 72.4 cm³/mol. The molecular weight excluding hydrogens is 259 g/mol. The van der Waals surface area contributed by atoms with Gasteiger partial charge >= 0.3 is 0 Å². The molecule has 0 radical (unpaired) electrons. The smallest absolute Gasteiger partial charge is 0.250 e. The minimum atomic E-state index is -0.926. The van der Waals surface area contributed by atoms with E-state index in [2.05, 4.69) is 5.32 Å². The van der Waals surface area contributed by atoms with Crippen molar-refractivity contribution < 1.29 is 13.9 Å². The number of benzene rings is 1. The molecule has 1 saturated carbocycles. The number of hydrogen-bond donors (Lipinski definition) is 2. The van der Waals surface area contributed by atoms with Gasteiger partial charge in [-0.1, -0.05) is 12.1 Å². The summed E-state index contributed by atoms with van der Waals surface area (Å²) in [5.41, 5.74) is 6.46. The van der Waals surface area contributed by atoms with E-state index in [1.54, 1.807) is 0 Å². The summed E-state index contributed by atoms with van der Waals surface area (Å²) < 4.78 is 19.3. The highest BCUT2D eigenvalue weighted by Crippen LogP contribution is 2.40. The Balaban J connectivity index is 1.66.